The van der Waals surface area contributed by atoms with Crippen molar-refractivity contribution in [2.75, 3.05) is 5.73 Å². The van der Waals surface area contributed by atoms with Gasteiger partial charge in [-0.15, -0.1) is 0 Å². The molecule has 92 valence electrons. The maximum Gasteiger partial charge on any atom is 0.197 e. The molecule has 0 radical (unpaired) electrons. The van der Waals surface area contributed by atoms with Crippen LogP contribution in [0.15, 0.2) is 30.3 Å². The number of hydrogen-bond acceptors (Lipinski definition) is 4. The van der Waals surface area contributed by atoms with Gasteiger partial charge in [-0.25, -0.2) is 9.37 Å². The van der Waals surface area contributed by atoms with Crippen LogP contribution in [0.5, 0.6) is 0 Å². The molecule has 0 amide bonds. The molecular formula is C13H11FN2OS. The second kappa shape index (κ2) is 5.10. The molecule has 1 heterocycles. The van der Waals surface area contributed by atoms with E-state index in [1.54, 1.807) is 25.1 Å². The van der Waals surface area contributed by atoms with Gasteiger partial charge in [0.15, 0.2) is 10.9 Å². The van der Waals surface area contributed by atoms with E-state index in [1.165, 1.54) is 29.5 Å². The molecule has 3 nitrogen and oxygen atoms in total. The van der Waals surface area contributed by atoms with E-state index < -0.39 is 0 Å². The third-order valence-electron chi connectivity index (χ3n) is 2.33. The van der Waals surface area contributed by atoms with Crippen molar-refractivity contribution in [3.63, 3.8) is 0 Å². The largest absolute Gasteiger partial charge is 0.375 e. The van der Waals surface area contributed by atoms with Crippen molar-refractivity contribution < 1.29 is 9.18 Å². The van der Waals surface area contributed by atoms with Gasteiger partial charge in [0.05, 0.1) is 10.6 Å². The molecule has 18 heavy (non-hydrogen) atoms. The van der Waals surface area contributed by atoms with E-state index in [0.717, 1.165) is 5.56 Å². The van der Waals surface area contributed by atoms with Crippen molar-refractivity contribution in [2.45, 2.75) is 6.92 Å². The predicted molar refractivity (Wildman–Crippen MR) is 71.0 cm³/mol. The number of ketones is 1. The van der Waals surface area contributed by atoms with E-state index in [-0.39, 0.29) is 11.6 Å². The Morgan fingerprint density at radius 1 is 1.39 bits per heavy atom. The third kappa shape index (κ3) is 2.81. The number of rotatable bonds is 3. The van der Waals surface area contributed by atoms with Crippen LogP contribution in [-0.2, 0) is 0 Å². The Bertz CT molecular complexity index is 602. The zero-order valence-corrected chi connectivity index (χ0v) is 10.5. The molecule has 0 bridgehead atoms. The lowest BCUT2D eigenvalue weighted by molar-refractivity contribution is 0.105. The lowest BCUT2D eigenvalue weighted by Crippen LogP contribution is -1.93. The number of halogens is 1. The topological polar surface area (TPSA) is 56.0 Å². The summed E-state index contributed by atoms with van der Waals surface area (Å²) in [5, 5.41) is 0.381. The second-order valence-electron chi connectivity index (χ2n) is 3.72. The highest BCUT2D eigenvalue weighted by molar-refractivity contribution is 7.17. The van der Waals surface area contributed by atoms with Crippen LogP contribution in [0.3, 0.4) is 0 Å². The van der Waals surface area contributed by atoms with Crippen molar-refractivity contribution in [2.24, 2.45) is 0 Å². The number of thiazole rings is 1. The fourth-order valence-electron chi connectivity index (χ4n) is 1.47. The SMILES string of the molecule is Cc1nc(N)sc1C(=O)/C=C/c1ccc(F)cc1. The van der Waals surface area contributed by atoms with Gasteiger partial charge < -0.3 is 5.73 Å². The van der Waals surface area contributed by atoms with Crippen LogP contribution in [0.2, 0.25) is 0 Å². The number of carbonyl (C=O) groups is 1. The van der Waals surface area contributed by atoms with Gasteiger partial charge in [-0.2, -0.15) is 0 Å². The summed E-state index contributed by atoms with van der Waals surface area (Å²) in [5.74, 6) is -0.449. The smallest absolute Gasteiger partial charge is 0.197 e. The van der Waals surface area contributed by atoms with E-state index in [0.29, 0.717) is 15.7 Å². The maximum atomic E-state index is 12.7. The minimum absolute atomic E-state index is 0.147. The number of nitrogens with two attached hydrogens (primary N) is 1. The summed E-state index contributed by atoms with van der Waals surface area (Å²) < 4.78 is 12.7. The Morgan fingerprint density at radius 3 is 2.61 bits per heavy atom. The zero-order valence-electron chi connectivity index (χ0n) is 9.68. The van der Waals surface area contributed by atoms with E-state index in [9.17, 15) is 9.18 Å². The van der Waals surface area contributed by atoms with E-state index >= 15 is 0 Å². The minimum Gasteiger partial charge on any atom is -0.375 e. The molecule has 0 atom stereocenters. The van der Waals surface area contributed by atoms with Crippen LogP contribution in [-0.4, -0.2) is 10.8 Å². The molecule has 2 aromatic rings. The molecule has 0 fully saturated rings. The van der Waals surface area contributed by atoms with E-state index in [4.69, 9.17) is 5.73 Å². The van der Waals surface area contributed by atoms with Gasteiger partial charge in [-0.1, -0.05) is 29.5 Å². The molecule has 0 unspecified atom stereocenters. The second-order valence-corrected chi connectivity index (χ2v) is 4.75. The van der Waals surface area contributed by atoms with Gasteiger partial charge in [0.2, 0.25) is 0 Å². The molecule has 0 aliphatic carbocycles. The molecule has 0 spiro atoms. The summed E-state index contributed by atoms with van der Waals surface area (Å²) in [4.78, 5) is 16.4. The zero-order chi connectivity index (χ0) is 13.1. The van der Waals surface area contributed by atoms with Gasteiger partial charge in [0.25, 0.3) is 0 Å². The van der Waals surface area contributed by atoms with Gasteiger partial charge >= 0.3 is 0 Å². The van der Waals surface area contributed by atoms with Crippen LogP contribution in [0, 0.1) is 12.7 Å². The summed E-state index contributed by atoms with van der Waals surface area (Å²) >= 11 is 1.17. The highest BCUT2D eigenvalue weighted by Crippen LogP contribution is 2.20. The summed E-state index contributed by atoms with van der Waals surface area (Å²) in [6.07, 6.45) is 3.07. The number of nitrogens with zero attached hydrogens (tertiary/aromatic N) is 1. The van der Waals surface area contributed by atoms with Gasteiger partial charge in [0.1, 0.15) is 5.82 Å². The first kappa shape index (κ1) is 12.4. The lowest BCUT2D eigenvalue weighted by Gasteiger charge is -1.93. The number of aromatic nitrogens is 1. The Balaban J connectivity index is 2.16. The van der Waals surface area contributed by atoms with Crippen molar-refractivity contribution >= 4 is 28.3 Å². The van der Waals surface area contributed by atoms with Crippen molar-refractivity contribution in [3.8, 4) is 0 Å². The number of anilines is 1. The predicted octanol–water partition coefficient (Wildman–Crippen LogP) is 3.07. The maximum absolute atomic E-state index is 12.7. The minimum atomic E-state index is -0.301. The number of nitrogen functional groups attached to an aromatic ring is 1. The lowest BCUT2D eigenvalue weighted by atomic mass is 10.2. The number of carbonyl (C=O) groups excluding carboxylic acids is 1. The number of allylic oxidation sites excluding steroid dienone is 1. The average molecular weight is 262 g/mol. The fraction of sp³-hybridized carbons (Fsp3) is 0.0769. The first-order valence-corrected chi connectivity index (χ1v) is 6.09. The van der Waals surface area contributed by atoms with Crippen LogP contribution >= 0.6 is 11.3 Å². The van der Waals surface area contributed by atoms with Crippen molar-refractivity contribution in [1.82, 2.24) is 4.98 Å². The Labute approximate surface area is 108 Å². The molecule has 0 saturated carbocycles. The fourth-order valence-corrected chi connectivity index (χ4v) is 2.22. The molecule has 2 rings (SSSR count). The summed E-state index contributed by atoms with van der Waals surface area (Å²) in [7, 11) is 0. The van der Waals surface area contributed by atoms with Crippen LogP contribution in [0.25, 0.3) is 6.08 Å². The van der Waals surface area contributed by atoms with E-state index in [2.05, 4.69) is 4.98 Å². The Kier molecular flexibility index (Phi) is 3.53. The van der Waals surface area contributed by atoms with Crippen LogP contribution in [0.1, 0.15) is 20.9 Å². The molecule has 1 aromatic carbocycles. The Morgan fingerprint density at radius 2 is 2.06 bits per heavy atom. The Hall–Kier alpha value is -2.01. The number of hydrogen-bond donors (Lipinski definition) is 1. The molecule has 0 aliphatic heterocycles. The molecule has 2 N–H and O–H groups in total. The summed E-state index contributed by atoms with van der Waals surface area (Å²) in [6.45, 7) is 1.74. The summed E-state index contributed by atoms with van der Waals surface area (Å²) in [6, 6.07) is 5.90. The van der Waals surface area contributed by atoms with Gasteiger partial charge in [-0.3, -0.25) is 4.79 Å². The van der Waals surface area contributed by atoms with Crippen molar-refractivity contribution in [3.05, 3.63) is 52.3 Å². The third-order valence-corrected chi connectivity index (χ3v) is 3.34. The van der Waals surface area contributed by atoms with Crippen LogP contribution in [0.4, 0.5) is 9.52 Å². The molecule has 5 heteroatoms. The standard InChI is InChI=1S/C13H11FN2OS/c1-8-12(18-13(15)16-8)11(17)7-4-9-2-5-10(14)6-3-9/h2-7H,1H3,(H2,15,16)/b7-4+. The van der Waals surface area contributed by atoms with E-state index in [1.807, 2.05) is 0 Å². The monoisotopic (exact) mass is 262 g/mol. The molecule has 0 aliphatic rings. The number of benzene rings is 1. The number of aryl methyl sites for hydroxylation is 1. The first-order chi connectivity index (χ1) is 8.56. The van der Waals surface area contributed by atoms with Gasteiger partial charge in [-0.05, 0) is 30.7 Å². The quantitative estimate of drug-likeness (QED) is 0.683. The normalized spacial score (nSPS) is 11.0. The summed E-state index contributed by atoms with van der Waals surface area (Å²) in [5.41, 5.74) is 6.93. The molecule has 1 aromatic heterocycles. The van der Waals surface area contributed by atoms with Crippen LogP contribution < -0.4 is 5.73 Å². The molecular weight excluding hydrogens is 251 g/mol. The highest BCUT2D eigenvalue weighted by Gasteiger charge is 2.11. The molecule has 0 saturated heterocycles. The van der Waals surface area contributed by atoms with Gasteiger partial charge in [0, 0.05) is 0 Å². The average Bonchev–Trinajstić information content (AvgIpc) is 2.67. The van der Waals surface area contributed by atoms with Crippen molar-refractivity contribution in [1.29, 1.82) is 0 Å². The first-order valence-electron chi connectivity index (χ1n) is 5.27. The highest BCUT2D eigenvalue weighted by atomic mass is 32.1.